The minimum absolute atomic E-state index is 0.0987. The Hall–Kier alpha value is -7.05. The van der Waals surface area contributed by atoms with Crippen LogP contribution < -0.4 is 31.1 Å². The van der Waals surface area contributed by atoms with Gasteiger partial charge in [-0.2, -0.15) is 0 Å². The summed E-state index contributed by atoms with van der Waals surface area (Å²) in [6, 6.07) is 11.3. The van der Waals surface area contributed by atoms with E-state index < -0.39 is 24.3 Å². The lowest BCUT2D eigenvalue weighted by atomic mass is 9.90. The van der Waals surface area contributed by atoms with E-state index in [1.54, 1.807) is 4.90 Å². The summed E-state index contributed by atoms with van der Waals surface area (Å²) in [5.41, 5.74) is 3.78. The molecule has 5 aromatic rings. The summed E-state index contributed by atoms with van der Waals surface area (Å²) in [6.45, 7) is 10.3. The van der Waals surface area contributed by atoms with Crippen LogP contribution in [0.2, 0.25) is 0 Å². The zero-order valence-corrected chi connectivity index (χ0v) is 42.5. The molecule has 0 spiro atoms. The van der Waals surface area contributed by atoms with Gasteiger partial charge in [0.05, 0.1) is 72.2 Å². The standard InChI is InChI=1S/C54H67FN12O6/c1-30(2)46(62-53(70)72-5)50(68)65-20-10-14-44(65)48-58-38-24-34(25-39(38)59-48)42-16-17-43(67(42)35-28-56-52(57-29-35)64-22-18-33(19-23-64)32-12-8-7-9-13-32)36-26-40-41(27-37(36)55)61-49(60-40)45-15-11-21-66(45)51(69)47(31(3)4)63-54(71)73-6/h7-9,12-13,24-31,33-34,42-47H,10-11,14-23H2,1-6H3,(H,58,59)(H,60,61)(H,62,70)(H,63,71)/t42?,43-,44+,45+,46?,47+/m1/s1. The van der Waals surface area contributed by atoms with Gasteiger partial charge in [0, 0.05) is 43.7 Å². The number of amides is 4. The quantitative estimate of drug-likeness (QED) is 0.103. The Bertz CT molecular complexity index is 2920. The van der Waals surface area contributed by atoms with Crippen molar-refractivity contribution in [2.45, 2.75) is 121 Å². The smallest absolute Gasteiger partial charge is 0.407 e. The highest BCUT2D eigenvalue weighted by molar-refractivity contribution is 5.87. The zero-order chi connectivity index (χ0) is 51.1. The number of ether oxygens (including phenoxy) is 2. The number of piperidine rings is 1. The monoisotopic (exact) mass is 999 g/mol. The van der Waals surface area contributed by atoms with Crippen molar-refractivity contribution in [3.8, 4) is 0 Å². The number of carbonyl (C=O) groups excluding carboxylic acids is 4. The first-order chi connectivity index (χ1) is 35.3. The fraction of sp³-hybridized carbons (Fsp3) is 0.519. The summed E-state index contributed by atoms with van der Waals surface area (Å²) in [7, 11) is 2.56. The van der Waals surface area contributed by atoms with E-state index in [4.69, 9.17) is 29.4 Å². The highest BCUT2D eigenvalue weighted by Gasteiger charge is 2.43. The van der Waals surface area contributed by atoms with Gasteiger partial charge in [0.1, 0.15) is 29.5 Å². The number of anilines is 2. The molecular weight excluding hydrogens is 932 g/mol. The van der Waals surface area contributed by atoms with Crippen molar-refractivity contribution < 1.29 is 33.0 Å². The summed E-state index contributed by atoms with van der Waals surface area (Å²) < 4.78 is 26.5. The third-order valence-corrected chi connectivity index (χ3v) is 15.8. The second-order valence-corrected chi connectivity index (χ2v) is 20.9. The SMILES string of the molecule is COC(=O)NC(C(=O)N1CCC[C@H]1c1nc2c([nH]1)=CC(C1CC[C@H](c3cc4nc([C@@H]5CCCN5C(=O)[C@@H](NC(=O)OC)C(C)C)[nH]c4cc3F)N1c1cnc(N3CCC(c4ccccc4)CC3)nc1)C=2)C(C)C. The number of halogens is 1. The second-order valence-electron chi connectivity index (χ2n) is 20.9. The van der Waals surface area contributed by atoms with Gasteiger partial charge in [-0.15, -0.1) is 0 Å². The van der Waals surface area contributed by atoms with Crippen LogP contribution in [0.4, 0.5) is 25.6 Å². The van der Waals surface area contributed by atoms with Crippen molar-refractivity contribution in [2.75, 3.05) is 50.2 Å². The topological polar surface area (TPSA) is 207 Å². The minimum atomic E-state index is -0.780. The highest BCUT2D eigenvalue weighted by Crippen LogP contribution is 2.45. The number of benzene rings is 2. The lowest BCUT2D eigenvalue weighted by Gasteiger charge is -2.35. The molecule has 3 aromatic heterocycles. The number of fused-ring (bicyclic) bond motifs is 2. The Labute approximate surface area is 424 Å². The molecular formula is C54H67FN12O6. The normalized spacial score (nSPS) is 22.2. The number of alkyl carbamates (subject to hydrolysis) is 2. The van der Waals surface area contributed by atoms with Crippen molar-refractivity contribution in [3.05, 3.63) is 94.1 Å². The fourth-order valence-electron chi connectivity index (χ4n) is 12.0. The van der Waals surface area contributed by atoms with Crippen molar-refractivity contribution in [1.29, 1.82) is 0 Å². The average Bonchev–Trinajstić information content (AvgIpc) is 4.27. The van der Waals surface area contributed by atoms with Crippen molar-refractivity contribution in [2.24, 2.45) is 17.8 Å². The van der Waals surface area contributed by atoms with E-state index >= 15 is 4.39 Å². The molecule has 4 saturated heterocycles. The van der Waals surface area contributed by atoms with Gasteiger partial charge in [-0.1, -0.05) is 58.0 Å². The van der Waals surface area contributed by atoms with Gasteiger partial charge < -0.3 is 49.7 Å². The molecule has 7 heterocycles. The maximum Gasteiger partial charge on any atom is 0.407 e. The number of nitrogens with zero attached hydrogens (tertiary/aromatic N) is 8. The maximum absolute atomic E-state index is 16.9. The Kier molecular flexibility index (Phi) is 14.1. The van der Waals surface area contributed by atoms with E-state index in [-0.39, 0.29) is 59.6 Å². The molecule has 3 unspecified atom stereocenters. The van der Waals surface area contributed by atoms with Gasteiger partial charge in [0.25, 0.3) is 0 Å². The van der Waals surface area contributed by atoms with Crippen LogP contribution in [0.3, 0.4) is 0 Å². The largest absolute Gasteiger partial charge is 0.453 e. The van der Waals surface area contributed by atoms with Gasteiger partial charge in [-0.25, -0.2) is 33.9 Å². The van der Waals surface area contributed by atoms with E-state index in [0.717, 1.165) is 68.0 Å². The number of methoxy groups -OCH3 is 2. The van der Waals surface area contributed by atoms with Crippen molar-refractivity contribution in [3.63, 3.8) is 0 Å². The van der Waals surface area contributed by atoms with Crippen molar-refractivity contribution in [1.82, 2.24) is 50.3 Å². The van der Waals surface area contributed by atoms with Crippen LogP contribution in [-0.2, 0) is 19.1 Å². The maximum atomic E-state index is 16.9. The van der Waals surface area contributed by atoms with E-state index in [2.05, 4.69) is 72.9 Å². The predicted octanol–water partition coefficient (Wildman–Crippen LogP) is 6.29. The molecule has 4 amide bonds. The minimum Gasteiger partial charge on any atom is -0.453 e. The summed E-state index contributed by atoms with van der Waals surface area (Å²) in [4.78, 5) is 87.3. The number of rotatable bonds is 13. The third-order valence-electron chi connectivity index (χ3n) is 15.8. The van der Waals surface area contributed by atoms with E-state index in [1.807, 2.05) is 51.1 Å². The van der Waals surface area contributed by atoms with Gasteiger partial charge >= 0.3 is 12.2 Å². The lowest BCUT2D eigenvalue weighted by molar-refractivity contribution is -0.136. The third kappa shape index (κ3) is 9.81. The van der Waals surface area contributed by atoms with E-state index in [1.165, 1.54) is 25.8 Å². The summed E-state index contributed by atoms with van der Waals surface area (Å²) in [5, 5.41) is 7.11. The molecule has 0 radical (unpaired) electrons. The van der Waals surface area contributed by atoms with Crippen LogP contribution in [0.25, 0.3) is 23.2 Å². The molecule has 7 atom stereocenters. The molecule has 4 fully saturated rings. The molecule has 4 N–H and O–H groups in total. The summed E-state index contributed by atoms with van der Waals surface area (Å²) >= 11 is 0. The Morgan fingerprint density at radius 3 is 1.89 bits per heavy atom. The first kappa shape index (κ1) is 49.5. The molecule has 18 nitrogen and oxygen atoms in total. The van der Waals surface area contributed by atoms with E-state index in [0.29, 0.717) is 66.0 Å². The number of H-pyrrole nitrogens is 2. The number of aromatic nitrogens is 6. The zero-order valence-electron chi connectivity index (χ0n) is 42.5. The number of hydrogen-bond donors (Lipinski definition) is 4. The Morgan fingerprint density at radius 2 is 1.32 bits per heavy atom. The van der Waals surface area contributed by atoms with Crippen LogP contribution in [-0.4, -0.2) is 122 Å². The molecule has 0 saturated carbocycles. The molecule has 386 valence electrons. The van der Waals surface area contributed by atoms with Crippen LogP contribution in [0.5, 0.6) is 0 Å². The van der Waals surface area contributed by atoms with Crippen LogP contribution in [0.15, 0.2) is 54.9 Å². The number of nitrogens with one attached hydrogen (secondary N) is 4. The lowest BCUT2D eigenvalue weighted by Crippen LogP contribution is -2.51. The molecule has 5 aliphatic rings. The highest BCUT2D eigenvalue weighted by atomic mass is 19.1. The van der Waals surface area contributed by atoms with Crippen LogP contribution in [0.1, 0.15) is 126 Å². The second kappa shape index (κ2) is 20.8. The van der Waals surface area contributed by atoms with Gasteiger partial charge in [-0.05, 0) is 99.0 Å². The number of hydrogen-bond acceptors (Lipinski definition) is 12. The number of imidazole rings is 2. The van der Waals surface area contributed by atoms with Gasteiger partial charge in [-0.3, -0.25) is 9.59 Å². The first-order valence-corrected chi connectivity index (χ1v) is 26.0. The summed E-state index contributed by atoms with van der Waals surface area (Å²) in [5.74, 6) is 1.25. The predicted molar refractivity (Wildman–Crippen MR) is 273 cm³/mol. The molecule has 10 rings (SSSR count). The molecule has 2 aromatic carbocycles. The van der Waals surface area contributed by atoms with Crippen molar-refractivity contribution >= 4 is 58.8 Å². The Balaban J connectivity index is 0.932. The first-order valence-electron chi connectivity index (χ1n) is 26.0. The fourth-order valence-corrected chi connectivity index (χ4v) is 12.0. The molecule has 0 bridgehead atoms. The Morgan fingerprint density at radius 1 is 0.712 bits per heavy atom. The number of carbonyl (C=O) groups is 4. The molecule has 1 aliphatic carbocycles. The molecule has 4 aliphatic heterocycles. The van der Waals surface area contributed by atoms with Gasteiger partial charge in [0.15, 0.2) is 0 Å². The summed E-state index contributed by atoms with van der Waals surface area (Å²) in [6.07, 6.45) is 13.2. The van der Waals surface area contributed by atoms with E-state index in [9.17, 15) is 19.2 Å². The van der Waals surface area contributed by atoms with Crippen LogP contribution in [0, 0.1) is 23.6 Å². The number of aromatic amines is 2. The van der Waals surface area contributed by atoms with Crippen LogP contribution >= 0.6 is 0 Å². The van der Waals surface area contributed by atoms with Gasteiger partial charge in [0.2, 0.25) is 17.8 Å². The average molecular weight is 999 g/mol. The molecule has 73 heavy (non-hydrogen) atoms. The molecule has 19 heteroatoms. The number of likely N-dealkylation sites (tertiary alicyclic amines) is 2.